The minimum atomic E-state index is -0.837. The summed E-state index contributed by atoms with van der Waals surface area (Å²) in [7, 11) is 0. The number of benzene rings is 1. The first kappa shape index (κ1) is 14.2. The lowest BCUT2D eigenvalue weighted by Crippen LogP contribution is -2.35. The molecule has 4 nitrogen and oxygen atoms in total. The van der Waals surface area contributed by atoms with E-state index in [0.717, 1.165) is 24.3 Å². The van der Waals surface area contributed by atoms with Gasteiger partial charge >= 0.3 is 6.09 Å². The Labute approximate surface area is 124 Å². The van der Waals surface area contributed by atoms with Gasteiger partial charge in [-0.15, -0.1) is 0 Å². The summed E-state index contributed by atoms with van der Waals surface area (Å²) in [5.74, 6) is -0.217. The van der Waals surface area contributed by atoms with E-state index >= 15 is 0 Å². The first-order chi connectivity index (χ1) is 9.74. The van der Waals surface area contributed by atoms with Gasteiger partial charge in [-0.1, -0.05) is 13.8 Å². The molecule has 3 rings (SSSR count). The number of anilines is 1. The van der Waals surface area contributed by atoms with Crippen LogP contribution in [0.15, 0.2) is 18.2 Å². The van der Waals surface area contributed by atoms with Crippen LogP contribution in [-0.2, 0) is 0 Å². The Bertz CT molecular complexity index is 586. The molecule has 0 saturated carbocycles. The second-order valence-corrected chi connectivity index (χ2v) is 7.05. The molecule has 0 bridgehead atoms. The fourth-order valence-electron chi connectivity index (χ4n) is 3.94. The van der Waals surface area contributed by atoms with Crippen molar-refractivity contribution in [1.29, 1.82) is 0 Å². The highest BCUT2D eigenvalue weighted by molar-refractivity contribution is 5.66. The smallest absolute Gasteiger partial charge is 0.407 e. The lowest BCUT2D eigenvalue weighted by molar-refractivity contribution is 0.149. The molecule has 2 saturated heterocycles. The van der Waals surface area contributed by atoms with Crippen LogP contribution in [0.5, 0.6) is 0 Å². The average Bonchev–Trinajstić information content (AvgIpc) is 2.74. The zero-order valence-electron chi connectivity index (χ0n) is 12.7. The molecule has 0 aromatic heterocycles. The molecule has 0 spiro atoms. The Morgan fingerprint density at radius 2 is 1.76 bits per heavy atom. The molecule has 1 amide bonds. The van der Waals surface area contributed by atoms with E-state index in [1.807, 2.05) is 13.0 Å². The van der Waals surface area contributed by atoms with E-state index in [1.54, 1.807) is 6.07 Å². The van der Waals surface area contributed by atoms with E-state index < -0.39 is 6.09 Å². The van der Waals surface area contributed by atoms with Gasteiger partial charge in [0.2, 0.25) is 0 Å². The van der Waals surface area contributed by atoms with Crippen molar-refractivity contribution >= 4 is 11.8 Å². The van der Waals surface area contributed by atoms with Gasteiger partial charge in [0.1, 0.15) is 5.82 Å². The minimum Gasteiger partial charge on any atom is -0.465 e. The maximum atomic E-state index is 13.3. The topological polar surface area (TPSA) is 43.8 Å². The molecule has 0 unspecified atom stereocenters. The largest absolute Gasteiger partial charge is 0.465 e. The third kappa shape index (κ3) is 2.06. The monoisotopic (exact) mass is 292 g/mol. The van der Waals surface area contributed by atoms with Crippen molar-refractivity contribution in [3.05, 3.63) is 29.6 Å². The number of hydrogen-bond donors (Lipinski definition) is 1. The van der Waals surface area contributed by atoms with E-state index in [9.17, 15) is 14.3 Å². The van der Waals surface area contributed by atoms with Gasteiger partial charge in [0.15, 0.2) is 0 Å². The molecule has 2 atom stereocenters. The fraction of sp³-hybridized carbons (Fsp3) is 0.562. The standard InChI is InChI=1S/C16H21FN2O2/c1-11-6-12(17)4-5-13(11)18-7-15(2)9-19(14(20)21)10-16(15,3)8-18/h4-6H,7-10H2,1-3H3,(H,20,21)/t15-,16+. The number of amides is 1. The van der Waals surface area contributed by atoms with Crippen molar-refractivity contribution in [1.82, 2.24) is 4.90 Å². The summed E-state index contributed by atoms with van der Waals surface area (Å²) in [6.07, 6.45) is -0.837. The summed E-state index contributed by atoms with van der Waals surface area (Å²) in [6, 6.07) is 4.87. The van der Waals surface area contributed by atoms with E-state index in [0.29, 0.717) is 13.1 Å². The van der Waals surface area contributed by atoms with Crippen LogP contribution in [0.25, 0.3) is 0 Å². The highest BCUT2D eigenvalue weighted by Crippen LogP contribution is 2.52. The normalized spacial score (nSPS) is 31.6. The van der Waals surface area contributed by atoms with E-state index in [1.165, 1.54) is 11.0 Å². The molecule has 0 aliphatic carbocycles. The lowest BCUT2D eigenvalue weighted by Gasteiger charge is -2.29. The number of likely N-dealkylation sites (tertiary alicyclic amines) is 1. The van der Waals surface area contributed by atoms with Crippen molar-refractivity contribution in [3.63, 3.8) is 0 Å². The third-order valence-electron chi connectivity index (χ3n) is 5.39. The first-order valence-corrected chi connectivity index (χ1v) is 7.23. The van der Waals surface area contributed by atoms with Gasteiger partial charge in [-0.3, -0.25) is 0 Å². The molecule has 2 aliphatic heterocycles. The summed E-state index contributed by atoms with van der Waals surface area (Å²) in [6.45, 7) is 8.98. The van der Waals surface area contributed by atoms with Crippen molar-refractivity contribution in [2.45, 2.75) is 20.8 Å². The number of fused-ring (bicyclic) bond motifs is 1. The van der Waals surface area contributed by atoms with Gasteiger partial charge in [0, 0.05) is 42.7 Å². The van der Waals surface area contributed by atoms with Gasteiger partial charge in [-0.25, -0.2) is 9.18 Å². The Morgan fingerprint density at radius 1 is 1.19 bits per heavy atom. The number of halogens is 1. The van der Waals surface area contributed by atoms with E-state index in [4.69, 9.17) is 0 Å². The predicted molar refractivity (Wildman–Crippen MR) is 79.2 cm³/mol. The zero-order chi connectivity index (χ0) is 15.4. The maximum Gasteiger partial charge on any atom is 0.407 e. The number of nitrogens with zero attached hydrogens (tertiary/aromatic N) is 2. The molecule has 2 heterocycles. The summed E-state index contributed by atoms with van der Waals surface area (Å²) in [5.41, 5.74) is 1.85. The SMILES string of the molecule is Cc1cc(F)ccc1N1C[C@]2(C)CN(C(=O)O)C[C@]2(C)C1. The molecule has 1 aromatic rings. The lowest BCUT2D eigenvalue weighted by atomic mass is 9.71. The van der Waals surface area contributed by atoms with Crippen molar-refractivity contribution < 1.29 is 14.3 Å². The van der Waals surface area contributed by atoms with Gasteiger partial charge < -0.3 is 14.9 Å². The van der Waals surface area contributed by atoms with Gasteiger partial charge in [-0.2, -0.15) is 0 Å². The van der Waals surface area contributed by atoms with Crippen molar-refractivity contribution in [3.8, 4) is 0 Å². The summed E-state index contributed by atoms with van der Waals surface area (Å²) in [5, 5.41) is 9.23. The Morgan fingerprint density at radius 3 is 2.24 bits per heavy atom. The molecule has 114 valence electrons. The van der Waals surface area contributed by atoms with Crippen LogP contribution in [0.2, 0.25) is 0 Å². The molecule has 5 heteroatoms. The number of carbonyl (C=O) groups is 1. The quantitative estimate of drug-likeness (QED) is 0.865. The van der Waals surface area contributed by atoms with Crippen LogP contribution in [0.3, 0.4) is 0 Å². The van der Waals surface area contributed by atoms with Crippen molar-refractivity contribution in [2.75, 3.05) is 31.1 Å². The predicted octanol–water partition coefficient (Wildman–Crippen LogP) is 2.96. The van der Waals surface area contributed by atoms with Gasteiger partial charge in [0.05, 0.1) is 0 Å². The van der Waals surface area contributed by atoms with E-state index in [-0.39, 0.29) is 16.6 Å². The van der Waals surface area contributed by atoms with Crippen LogP contribution in [0.4, 0.5) is 14.9 Å². The first-order valence-electron chi connectivity index (χ1n) is 7.23. The number of carboxylic acid groups (broad SMARTS) is 1. The molecule has 1 aromatic carbocycles. The van der Waals surface area contributed by atoms with E-state index in [2.05, 4.69) is 18.7 Å². The molecule has 21 heavy (non-hydrogen) atoms. The molecular weight excluding hydrogens is 271 g/mol. The Kier molecular flexibility index (Phi) is 2.94. The Hall–Kier alpha value is -1.78. The minimum absolute atomic E-state index is 0.0633. The van der Waals surface area contributed by atoms with Crippen molar-refractivity contribution in [2.24, 2.45) is 10.8 Å². The molecule has 0 radical (unpaired) electrons. The highest BCUT2D eigenvalue weighted by Gasteiger charge is 2.58. The maximum absolute atomic E-state index is 13.3. The third-order valence-corrected chi connectivity index (χ3v) is 5.39. The molecule has 2 aliphatic rings. The van der Waals surface area contributed by atoms with Crippen LogP contribution in [0, 0.1) is 23.6 Å². The highest BCUT2D eigenvalue weighted by atomic mass is 19.1. The molecule has 2 fully saturated rings. The Balaban J connectivity index is 1.88. The summed E-state index contributed by atoms with van der Waals surface area (Å²) in [4.78, 5) is 15.0. The average molecular weight is 292 g/mol. The fourth-order valence-corrected chi connectivity index (χ4v) is 3.94. The second kappa shape index (κ2) is 4.36. The summed E-state index contributed by atoms with van der Waals surface area (Å²) < 4.78 is 13.3. The van der Waals surface area contributed by atoms with Crippen LogP contribution in [-0.4, -0.2) is 42.3 Å². The number of aryl methyl sites for hydroxylation is 1. The van der Waals surface area contributed by atoms with Crippen LogP contribution < -0.4 is 4.90 Å². The van der Waals surface area contributed by atoms with Gasteiger partial charge in [-0.05, 0) is 30.7 Å². The van der Waals surface area contributed by atoms with Crippen LogP contribution >= 0.6 is 0 Å². The summed E-state index contributed by atoms with van der Waals surface area (Å²) >= 11 is 0. The molecule has 1 N–H and O–H groups in total. The van der Waals surface area contributed by atoms with Crippen LogP contribution in [0.1, 0.15) is 19.4 Å². The van der Waals surface area contributed by atoms with Gasteiger partial charge in [0.25, 0.3) is 0 Å². The number of hydrogen-bond acceptors (Lipinski definition) is 2. The number of rotatable bonds is 1. The molecular formula is C16H21FN2O2. The second-order valence-electron chi connectivity index (χ2n) is 7.05. The zero-order valence-corrected chi connectivity index (χ0v) is 12.7.